The van der Waals surface area contributed by atoms with Gasteiger partial charge in [0.15, 0.2) is 0 Å². The van der Waals surface area contributed by atoms with E-state index >= 15 is 0 Å². The number of benzene rings is 2. The molecule has 0 spiro atoms. The Morgan fingerprint density at radius 1 is 1.00 bits per heavy atom. The predicted molar refractivity (Wildman–Crippen MR) is 82.5 cm³/mol. The molecule has 18 heavy (non-hydrogen) atoms. The number of nitrogens with one attached hydrogen (secondary N) is 1. The van der Waals surface area contributed by atoms with E-state index in [1.807, 2.05) is 19.1 Å². The minimum atomic E-state index is 0.772. The summed E-state index contributed by atoms with van der Waals surface area (Å²) in [7, 11) is 0. The van der Waals surface area contributed by atoms with Crippen molar-refractivity contribution >= 4 is 33.0 Å². The first-order valence-corrected chi connectivity index (χ1v) is 6.66. The van der Waals surface area contributed by atoms with Crippen molar-refractivity contribution in [2.75, 3.05) is 11.1 Å². The number of hydrogen-bond donors (Lipinski definition) is 2. The molecule has 3 N–H and O–H groups in total. The van der Waals surface area contributed by atoms with Gasteiger partial charge in [0.2, 0.25) is 0 Å². The van der Waals surface area contributed by atoms with Gasteiger partial charge in [0.05, 0.1) is 11.4 Å². The van der Waals surface area contributed by atoms with Crippen LogP contribution in [0.5, 0.6) is 0 Å². The van der Waals surface area contributed by atoms with Gasteiger partial charge in [-0.3, -0.25) is 0 Å². The minimum Gasteiger partial charge on any atom is -0.397 e. The average Bonchev–Trinajstić information content (AvgIpc) is 2.29. The maximum atomic E-state index is 6.00. The van der Waals surface area contributed by atoms with E-state index in [0.717, 1.165) is 21.5 Å². The highest BCUT2D eigenvalue weighted by molar-refractivity contribution is 9.10. The fraction of sp³-hybridized carbons (Fsp3) is 0.200. The molecule has 94 valence electrons. The summed E-state index contributed by atoms with van der Waals surface area (Å²) < 4.78 is 1.16. The van der Waals surface area contributed by atoms with Crippen LogP contribution in [-0.4, -0.2) is 0 Å². The molecule has 0 atom stereocenters. The quantitative estimate of drug-likeness (QED) is 0.789. The van der Waals surface area contributed by atoms with E-state index in [0.29, 0.717) is 0 Å². The number of halogens is 1. The standard InChI is InChI=1S/C15H17BrN2/c1-9-4-5-14(13(17)6-9)18-12-7-10(2)15(16)11(3)8-12/h4-8,18H,17H2,1-3H3. The lowest BCUT2D eigenvalue weighted by molar-refractivity contribution is 1.33. The lowest BCUT2D eigenvalue weighted by atomic mass is 10.1. The van der Waals surface area contributed by atoms with Crippen molar-refractivity contribution < 1.29 is 0 Å². The van der Waals surface area contributed by atoms with Gasteiger partial charge in [0, 0.05) is 10.2 Å². The molecular weight excluding hydrogens is 288 g/mol. The Labute approximate surface area is 116 Å². The summed E-state index contributed by atoms with van der Waals surface area (Å²) >= 11 is 3.57. The van der Waals surface area contributed by atoms with Crippen LogP contribution in [0.15, 0.2) is 34.8 Å². The summed E-state index contributed by atoms with van der Waals surface area (Å²) in [5.74, 6) is 0. The zero-order chi connectivity index (χ0) is 13.3. The molecule has 0 radical (unpaired) electrons. The number of hydrogen-bond acceptors (Lipinski definition) is 2. The molecule has 0 bridgehead atoms. The smallest absolute Gasteiger partial charge is 0.0618 e. The molecule has 0 heterocycles. The second-order valence-electron chi connectivity index (χ2n) is 4.64. The normalized spacial score (nSPS) is 10.4. The van der Waals surface area contributed by atoms with E-state index < -0.39 is 0 Å². The van der Waals surface area contributed by atoms with Crippen LogP contribution in [0, 0.1) is 20.8 Å². The third kappa shape index (κ3) is 2.67. The van der Waals surface area contributed by atoms with Crippen LogP contribution in [0.1, 0.15) is 16.7 Å². The molecule has 0 unspecified atom stereocenters. The SMILES string of the molecule is Cc1ccc(Nc2cc(C)c(Br)c(C)c2)c(N)c1. The zero-order valence-electron chi connectivity index (χ0n) is 10.8. The lowest BCUT2D eigenvalue weighted by Gasteiger charge is -2.12. The van der Waals surface area contributed by atoms with Crippen molar-refractivity contribution in [3.8, 4) is 0 Å². The number of anilines is 3. The number of rotatable bonds is 2. The molecule has 0 aliphatic heterocycles. The molecule has 0 aliphatic rings. The van der Waals surface area contributed by atoms with Crippen molar-refractivity contribution in [3.05, 3.63) is 51.5 Å². The van der Waals surface area contributed by atoms with Gasteiger partial charge in [0.1, 0.15) is 0 Å². The Bertz CT molecular complexity index is 568. The molecule has 0 saturated carbocycles. The third-order valence-electron chi connectivity index (χ3n) is 2.92. The Hall–Kier alpha value is -1.48. The van der Waals surface area contributed by atoms with Gasteiger partial charge in [-0.15, -0.1) is 0 Å². The minimum absolute atomic E-state index is 0.772. The predicted octanol–water partition coefficient (Wildman–Crippen LogP) is 4.70. The molecule has 3 heteroatoms. The van der Waals surface area contributed by atoms with Crippen molar-refractivity contribution in [2.24, 2.45) is 0 Å². The number of nitrogens with two attached hydrogens (primary N) is 1. The first kappa shape index (κ1) is 13.0. The van der Waals surface area contributed by atoms with E-state index in [4.69, 9.17) is 5.73 Å². The summed E-state index contributed by atoms with van der Waals surface area (Å²) in [6, 6.07) is 10.3. The summed E-state index contributed by atoms with van der Waals surface area (Å²) in [4.78, 5) is 0. The average molecular weight is 305 g/mol. The van der Waals surface area contributed by atoms with Gasteiger partial charge in [0.25, 0.3) is 0 Å². The highest BCUT2D eigenvalue weighted by Gasteiger charge is 2.04. The Kier molecular flexibility index (Phi) is 3.62. The first-order chi connectivity index (χ1) is 8.47. The maximum Gasteiger partial charge on any atom is 0.0618 e. The monoisotopic (exact) mass is 304 g/mol. The van der Waals surface area contributed by atoms with E-state index in [2.05, 4.69) is 53.3 Å². The molecule has 0 aliphatic carbocycles. The Morgan fingerprint density at radius 3 is 2.17 bits per heavy atom. The summed E-state index contributed by atoms with van der Waals surface area (Å²) in [5.41, 5.74) is 12.4. The molecule has 2 rings (SSSR count). The first-order valence-electron chi connectivity index (χ1n) is 5.87. The van der Waals surface area contributed by atoms with E-state index in [1.54, 1.807) is 0 Å². The molecule has 0 fully saturated rings. The molecule has 2 aromatic rings. The molecular formula is C15H17BrN2. The second kappa shape index (κ2) is 5.02. The van der Waals surface area contributed by atoms with Crippen LogP contribution < -0.4 is 11.1 Å². The van der Waals surface area contributed by atoms with Crippen LogP contribution >= 0.6 is 15.9 Å². The van der Waals surface area contributed by atoms with Crippen LogP contribution in [0.2, 0.25) is 0 Å². The van der Waals surface area contributed by atoms with Gasteiger partial charge < -0.3 is 11.1 Å². The Morgan fingerprint density at radius 2 is 1.61 bits per heavy atom. The molecule has 0 amide bonds. The van der Waals surface area contributed by atoms with Gasteiger partial charge in [-0.25, -0.2) is 0 Å². The van der Waals surface area contributed by atoms with Crippen molar-refractivity contribution in [1.29, 1.82) is 0 Å². The van der Waals surface area contributed by atoms with Gasteiger partial charge >= 0.3 is 0 Å². The van der Waals surface area contributed by atoms with Gasteiger partial charge in [-0.1, -0.05) is 22.0 Å². The van der Waals surface area contributed by atoms with E-state index in [9.17, 15) is 0 Å². The zero-order valence-corrected chi connectivity index (χ0v) is 12.4. The highest BCUT2D eigenvalue weighted by Crippen LogP contribution is 2.29. The summed E-state index contributed by atoms with van der Waals surface area (Å²) in [6.45, 7) is 6.20. The van der Waals surface area contributed by atoms with Gasteiger partial charge in [-0.05, 0) is 61.7 Å². The lowest BCUT2D eigenvalue weighted by Crippen LogP contribution is -1.97. The molecule has 2 aromatic carbocycles. The molecule has 2 nitrogen and oxygen atoms in total. The Balaban J connectivity index is 2.34. The largest absolute Gasteiger partial charge is 0.397 e. The van der Waals surface area contributed by atoms with Crippen molar-refractivity contribution in [2.45, 2.75) is 20.8 Å². The van der Waals surface area contributed by atoms with Crippen LogP contribution in [0.4, 0.5) is 17.1 Å². The van der Waals surface area contributed by atoms with Crippen molar-refractivity contribution in [3.63, 3.8) is 0 Å². The number of nitrogen functional groups attached to an aromatic ring is 1. The van der Waals surface area contributed by atoms with Crippen LogP contribution in [0.25, 0.3) is 0 Å². The fourth-order valence-electron chi connectivity index (χ4n) is 1.97. The second-order valence-corrected chi connectivity index (χ2v) is 5.43. The summed E-state index contributed by atoms with van der Waals surface area (Å²) in [5, 5.41) is 3.36. The van der Waals surface area contributed by atoms with Gasteiger partial charge in [-0.2, -0.15) is 0 Å². The topological polar surface area (TPSA) is 38.0 Å². The van der Waals surface area contributed by atoms with E-state index in [1.165, 1.54) is 16.7 Å². The highest BCUT2D eigenvalue weighted by atomic mass is 79.9. The van der Waals surface area contributed by atoms with Crippen LogP contribution in [-0.2, 0) is 0 Å². The van der Waals surface area contributed by atoms with E-state index in [-0.39, 0.29) is 0 Å². The van der Waals surface area contributed by atoms with Crippen molar-refractivity contribution in [1.82, 2.24) is 0 Å². The summed E-state index contributed by atoms with van der Waals surface area (Å²) in [6.07, 6.45) is 0. The molecule has 0 aromatic heterocycles. The van der Waals surface area contributed by atoms with Crippen LogP contribution in [0.3, 0.4) is 0 Å². The fourth-order valence-corrected chi connectivity index (χ4v) is 2.20. The third-order valence-corrected chi connectivity index (χ3v) is 4.17. The maximum absolute atomic E-state index is 6.00. The molecule has 0 saturated heterocycles. The number of aryl methyl sites for hydroxylation is 3.